The van der Waals surface area contributed by atoms with E-state index in [1.807, 2.05) is 19.1 Å². The van der Waals surface area contributed by atoms with Gasteiger partial charge >= 0.3 is 0 Å². The summed E-state index contributed by atoms with van der Waals surface area (Å²) in [4.78, 5) is 14.3. The van der Waals surface area contributed by atoms with E-state index in [4.69, 9.17) is 0 Å². The van der Waals surface area contributed by atoms with Gasteiger partial charge in [0.05, 0.1) is 4.92 Å². The van der Waals surface area contributed by atoms with Gasteiger partial charge in [-0.1, -0.05) is 24.3 Å². The van der Waals surface area contributed by atoms with Crippen molar-refractivity contribution in [3.63, 3.8) is 0 Å². The van der Waals surface area contributed by atoms with Crippen molar-refractivity contribution in [2.45, 2.75) is 20.3 Å². The number of hydrogen-bond donors (Lipinski definition) is 1. The topological polar surface area (TPSA) is 68.1 Å². The molecule has 2 aromatic rings. The molecule has 1 heterocycles. The van der Waals surface area contributed by atoms with Gasteiger partial charge in [-0.15, -0.1) is 0 Å². The Hall–Kier alpha value is -2.43. The van der Waals surface area contributed by atoms with Crippen molar-refractivity contribution in [2.24, 2.45) is 0 Å². The van der Waals surface area contributed by atoms with Gasteiger partial charge in [-0.3, -0.25) is 10.1 Å². The number of hydrogen-bond acceptors (Lipinski definition) is 4. The van der Waals surface area contributed by atoms with Crippen LogP contribution in [0.4, 0.5) is 11.5 Å². The molecule has 5 nitrogen and oxygen atoms in total. The van der Waals surface area contributed by atoms with E-state index < -0.39 is 4.92 Å². The lowest BCUT2D eigenvalue weighted by Crippen LogP contribution is -2.08. The first kappa shape index (κ1) is 14.0. The summed E-state index contributed by atoms with van der Waals surface area (Å²) in [5, 5.41) is 13.9. The van der Waals surface area contributed by atoms with E-state index in [0.29, 0.717) is 5.82 Å². The van der Waals surface area contributed by atoms with E-state index in [9.17, 15) is 10.1 Å². The summed E-state index contributed by atoms with van der Waals surface area (Å²) in [6, 6.07) is 9.77. The van der Waals surface area contributed by atoms with E-state index in [1.54, 1.807) is 0 Å². The van der Waals surface area contributed by atoms with Gasteiger partial charge in [0.1, 0.15) is 12.0 Å². The third-order valence-corrected chi connectivity index (χ3v) is 3.22. The standard InChI is InChI=1S/C15H17N3O2/c1-11-5-3-4-6-13(11)7-8-16-15-12(2)9-14(10-17-15)18(19)20/h3-6,9-10H,7-8H2,1-2H3,(H,16,17). The van der Waals surface area contributed by atoms with Crippen molar-refractivity contribution in [1.29, 1.82) is 0 Å². The second-order valence-electron chi connectivity index (χ2n) is 4.72. The number of rotatable bonds is 5. The Morgan fingerprint density at radius 2 is 2.00 bits per heavy atom. The normalized spacial score (nSPS) is 10.3. The summed E-state index contributed by atoms with van der Waals surface area (Å²) in [6.07, 6.45) is 2.17. The first-order valence-corrected chi connectivity index (χ1v) is 6.47. The van der Waals surface area contributed by atoms with Gasteiger partial charge in [0, 0.05) is 12.6 Å². The fourth-order valence-corrected chi connectivity index (χ4v) is 2.05. The van der Waals surface area contributed by atoms with Crippen molar-refractivity contribution in [2.75, 3.05) is 11.9 Å². The maximum absolute atomic E-state index is 10.6. The fourth-order valence-electron chi connectivity index (χ4n) is 2.05. The minimum atomic E-state index is -0.433. The lowest BCUT2D eigenvalue weighted by molar-refractivity contribution is -0.385. The van der Waals surface area contributed by atoms with Gasteiger partial charge in [0.2, 0.25) is 0 Å². The Balaban J connectivity index is 1.98. The highest BCUT2D eigenvalue weighted by Crippen LogP contribution is 2.18. The lowest BCUT2D eigenvalue weighted by Gasteiger charge is -2.09. The molecule has 2 rings (SSSR count). The van der Waals surface area contributed by atoms with Crippen LogP contribution in [0.5, 0.6) is 0 Å². The number of aromatic nitrogens is 1. The van der Waals surface area contributed by atoms with Gasteiger partial charge in [-0.2, -0.15) is 0 Å². The monoisotopic (exact) mass is 271 g/mol. The molecule has 0 fully saturated rings. The number of benzene rings is 1. The Labute approximate surface area is 117 Å². The minimum Gasteiger partial charge on any atom is -0.370 e. The second-order valence-corrected chi connectivity index (χ2v) is 4.72. The summed E-state index contributed by atoms with van der Waals surface area (Å²) < 4.78 is 0. The van der Waals surface area contributed by atoms with Crippen LogP contribution < -0.4 is 5.32 Å². The maximum Gasteiger partial charge on any atom is 0.287 e. The second kappa shape index (κ2) is 6.14. The van der Waals surface area contributed by atoms with Crippen LogP contribution >= 0.6 is 0 Å². The van der Waals surface area contributed by atoms with Gasteiger partial charge < -0.3 is 5.32 Å². The average molecular weight is 271 g/mol. The largest absolute Gasteiger partial charge is 0.370 e. The molecule has 0 amide bonds. The summed E-state index contributed by atoms with van der Waals surface area (Å²) in [6.45, 7) is 4.65. The van der Waals surface area contributed by atoms with Crippen LogP contribution in [0.2, 0.25) is 0 Å². The van der Waals surface area contributed by atoms with Gasteiger partial charge in [0.25, 0.3) is 5.69 Å². The third kappa shape index (κ3) is 3.32. The maximum atomic E-state index is 10.6. The SMILES string of the molecule is Cc1ccccc1CCNc1ncc([N+](=O)[O-])cc1C. The Kier molecular flexibility index (Phi) is 4.30. The lowest BCUT2D eigenvalue weighted by atomic mass is 10.1. The van der Waals surface area contributed by atoms with E-state index in [-0.39, 0.29) is 5.69 Å². The van der Waals surface area contributed by atoms with Crippen molar-refractivity contribution in [3.05, 3.63) is 63.3 Å². The number of nitrogens with zero attached hydrogens (tertiary/aromatic N) is 2. The molecule has 0 aliphatic heterocycles. The number of nitro groups is 1. The summed E-state index contributed by atoms with van der Waals surface area (Å²) in [5.41, 5.74) is 3.36. The Bertz CT molecular complexity index is 626. The first-order chi connectivity index (χ1) is 9.58. The first-order valence-electron chi connectivity index (χ1n) is 6.47. The quantitative estimate of drug-likeness (QED) is 0.669. The zero-order chi connectivity index (χ0) is 14.5. The van der Waals surface area contributed by atoms with Gasteiger partial charge in [-0.05, 0) is 37.0 Å². The van der Waals surface area contributed by atoms with E-state index in [1.165, 1.54) is 23.4 Å². The average Bonchev–Trinajstić information content (AvgIpc) is 2.42. The number of nitrogens with one attached hydrogen (secondary N) is 1. The van der Waals surface area contributed by atoms with Crippen LogP contribution in [0.15, 0.2) is 36.5 Å². The zero-order valence-corrected chi connectivity index (χ0v) is 11.6. The van der Waals surface area contributed by atoms with Crippen molar-refractivity contribution >= 4 is 11.5 Å². The summed E-state index contributed by atoms with van der Waals surface area (Å²) >= 11 is 0. The predicted octanol–water partition coefficient (Wildman–Crippen LogP) is 3.26. The van der Waals surface area contributed by atoms with Crippen LogP contribution in [0.25, 0.3) is 0 Å². The zero-order valence-electron chi connectivity index (χ0n) is 11.6. The number of aryl methyl sites for hydroxylation is 2. The smallest absolute Gasteiger partial charge is 0.287 e. The molecule has 0 atom stereocenters. The van der Waals surface area contributed by atoms with E-state index in [2.05, 4.69) is 29.4 Å². The van der Waals surface area contributed by atoms with Crippen molar-refractivity contribution < 1.29 is 4.92 Å². The van der Waals surface area contributed by atoms with Crippen LogP contribution in [0.1, 0.15) is 16.7 Å². The molecule has 5 heteroatoms. The summed E-state index contributed by atoms with van der Waals surface area (Å²) in [5.74, 6) is 0.698. The molecule has 0 saturated heterocycles. The molecule has 1 aromatic carbocycles. The van der Waals surface area contributed by atoms with E-state index >= 15 is 0 Å². The Morgan fingerprint density at radius 3 is 2.65 bits per heavy atom. The molecule has 0 radical (unpaired) electrons. The highest BCUT2D eigenvalue weighted by Gasteiger charge is 2.09. The molecule has 0 unspecified atom stereocenters. The Morgan fingerprint density at radius 1 is 1.25 bits per heavy atom. The number of pyridine rings is 1. The molecule has 1 aromatic heterocycles. The fraction of sp³-hybridized carbons (Fsp3) is 0.267. The molecular formula is C15H17N3O2. The minimum absolute atomic E-state index is 0.0203. The molecule has 104 valence electrons. The van der Waals surface area contributed by atoms with Gasteiger partial charge in [0.15, 0.2) is 0 Å². The third-order valence-electron chi connectivity index (χ3n) is 3.22. The molecule has 1 N–H and O–H groups in total. The molecule has 0 saturated carbocycles. The molecule has 0 aliphatic rings. The van der Waals surface area contributed by atoms with Crippen molar-refractivity contribution in [3.8, 4) is 0 Å². The molecule has 0 aliphatic carbocycles. The van der Waals surface area contributed by atoms with Crippen molar-refractivity contribution in [1.82, 2.24) is 4.98 Å². The highest BCUT2D eigenvalue weighted by atomic mass is 16.6. The molecule has 0 spiro atoms. The predicted molar refractivity (Wildman–Crippen MR) is 79.0 cm³/mol. The molecule has 20 heavy (non-hydrogen) atoms. The molecule has 0 bridgehead atoms. The van der Waals surface area contributed by atoms with Crippen LogP contribution in [0.3, 0.4) is 0 Å². The van der Waals surface area contributed by atoms with Crippen LogP contribution in [0, 0.1) is 24.0 Å². The molecular weight excluding hydrogens is 254 g/mol. The van der Waals surface area contributed by atoms with Crippen LogP contribution in [-0.2, 0) is 6.42 Å². The summed E-state index contributed by atoms with van der Waals surface area (Å²) in [7, 11) is 0. The number of anilines is 1. The van der Waals surface area contributed by atoms with E-state index in [0.717, 1.165) is 18.5 Å². The van der Waals surface area contributed by atoms with Gasteiger partial charge in [-0.25, -0.2) is 4.98 Å². The van der Waals surface area contributed by atoms with Crippen LogP contribution in [-0.4, -0.2) is 16.5 Å². The highest BCUT2D eigenvalue weighted by molar-refractivity contribution is 5.48.